The fourth-order valence-electron chi connectivity index (χ4n) is 4.77. The topological polar surface area (TPSA) is 93.6 Å². The SMILES string of the molecule is CC(CN1CC[NH+](Cc2ccc3[nH]c(-c4cc5ccccc5[nH]c4=O)cc3c2)CC1)C(=O)O. The van der Waals surface area contributed by atoms with Gasteiger partial charge in [-0.3, -0.25) is 14.5 Å². The average Bonchev–Trinajstić information content (AvgIpc) is 3.23. The molecule has 0 bridgehead atoms. The fourth-order valence-corrected chi connectivity index (χ4v) is 4.77. The molecule has 4 N–H and O–H groups in total. The number of para-hydroxylation sites is 1. The van der Waals surface area contributed by atoms with Crippen LogP contribution in [0.4, 0.5) is 0 Å². The van der Waals surface area contributed by atoms with Gasteiger partial charge in [-0.2, -0.15) is 0 Å². The van der Waals surface area contributed by atoms with E-state index >= 15 is 0 Å². The molecule has 1 atom stereocenters. The number of benzene rings is 2. The van der Waals surface area contributed by atoms with Gasteiger partial charge >= 0.3 is 5.97 Å². The van der Waals surface area contributed by atoms with Crippen molar-refractivity contribution in [1.29, 1.82) is 0 Å². The van der Waals surface area contributed by atoms with Gasteiger partial charge in [0.15, 0.2) is 0 Å². The van der Waals surface area contributed by atoms with Gasteiger partial charge in [-0.15, -0.1) is 0 Å². The number of aromatic nitrogens is 2. The van der Waals surface area contributed by atoms with Crippen molar-refractivity contribution in [2.75, 3.05) is 32.7 Å². The Hall–Kier alpha value is -3.42. The molecule has 1 unspecified atom stereocenters. The summed E-state index contributed by atoms with van der Waals surface area (Å²) in [6.45, 7) is 7.20. The van der Waals surface area contributed by atoms with E-state index in [1.54, 1.807) is 6.92 Å². The number of rotatable bonds is 6. The maximum absolute atomic E-state index is 12.7. The lowest BCUT2D eigenvalue weighted by Gasteiger charge is -2.33. The zero-order valence-corrected chi connectivity index (χ0v) is 18.7. The molecular weight excluding hydrogens is 416 g/mol. The largest absolute Gasteiger partial charge is 0.481 e. The molecule has 2 aromatic heterocycles. The van der Waals surface area contributed by atoms with Gasteiger partial charge < -0.3 is 20.0 Å². The van der Waals surface area contributed by atoms with Gasteiger partial charge in [0, 0.05) is 41.6 Å². The summed E-state index contributed by atoms with van der Waals surface area (Å²) in [5.74, 6) is -1.05. The van der Waals surface area contributed by atoms with E-state index in [9.17, 15) is 9.59 Å². The molecular formula is C26H29N4O3+. The molecule has 2 aromatic carbocycles. The Bertz CT molecular complexity index is 1360. The molecule has 170 valence electrons. The Balaban J connectivity index is 1.30. The number of carboxylic acids is 1. The molecule has 1 aliphatic rings. The van der Waals surface area contributed by atoms with E-state index in [4.69, 9.17) is 5.11 Å². The number of piperazine rings is 1. The third-order valence-electron chi connectivity index (χ3n) is 6.70. The second kappa shape index (κ2) is 8.84. The van der Waals surface area contributed by atoms with Gasteiger partial charge in [-0.25, -0.2) is 0 Å². The molecule has 1 saturated heterocycles. The van der Waals surface area contributed by atoms with Crippen LogP contribution < -0.4 is 10.5 Å². The summed E-state index contributed by atoms with van der Waals surface area (Å²) in [7, 11) is 0. The standard InChI is InChI=1S/C26H28N4O3/c1-17(26(32)33)15-29-8-10-30(11-9-29)16-18-6-7-23-20(12-18)14-24(27-23)21-13-19-4-2-3-5-22(19)28-25(21)31/h2-7,12-14,17,27H,8-11,15-16H2,1H3,(H,28,31)(H,32,33)/p+1. The predicted molar refractivity (Wildman–Crippen MR) is 130 cm³/mol. The highest BCUT2D eigenvalue weighted by Gasteiger charge is 2.23. The number of fused-ring (bicyclic) bond motifs is 2. The first-order valence-electron chi connectivity index (χ1n) is 11.5. The van der Waals surface area contributed by atoms with E-state index in [2.05, 4.69) is 39.1 Å². The Kier molecular flexibility index (Phi) is 5.74. The van der Waals surface area contributed by atoms with Crippen LogP contribution in [-0.2, 0) is 11.3 Å². The highest BCUT2D eigenvalue weighted by atomic mass is 16.4. The maximum atomic E-state index is 12.7. The van der Waals surface area contributed by atoms with Crippen LogP contribution in [0.25, 0.3) is 33.1 Å². The van der Waals surface area contributed by atoms with Crippen molar-refractivity contribution >= 4 is 27.8 Å². The van der Waals surface area contributed by atoms with Gasteiger partial charge in [0.05, 0.1) is 30.3 Å². The molecule has 0 radical (unpaired) electrons. The van der Waals surface area contributed by atoms with Crippen molar-refractivity contribution in [3.05, 3.63) is 70.5 Å². The highest BCUT2D eigenvalue weighted by Crippen LogP contribution is 2.24. The van der Waals surface area contributed by atoms with Crippen LogP contribution >= 0.6 is 0 Å². The van der Waals surface area contributed by atoms with Gasteiger partial charge in [-0.1, -0.05) is 31.2 Å². The summed E-state index contributed by atoms with van der Waals surface area (Å²) in [5, 5.41) is 11.2. The maximum Gasteiger partial charge on any atom is 0.307 e. The summed E-state index contributed by atoms with van der Waals surface area (Å²) in [6.07, 6.45) is 0. The summed E-state index contributed by atoms with van der Waals surface area (Å²) >= 11 is 0. The van der Waals surface area contributed by atoms with Crippen LogP contribution in [0.2, 0.25) is 0 Å². The minimum absolute atomic E-state index is 0.0972. The smallest absolute Gasteiger partial charge is 0.307 e. The molecule has 0 spiro atoms. The number of aliphatic carboxylic acids is 1. The number of hydrogen-bond acceptors (Lipinski definition) is 3. The third kappa shape index (κ3) is 4.55. The number of nitrogens with zero attached hydrogens (tertiary/aromatic N) is 1. The first-order valence-corrected chi connectivity index (χ1v) is 11.5. The first kappa shape index (κ1) is 21.4. The van der Waals surface area contributed by atoms with Crippen molar-refractivity contribution in [3.63, 3.8) is 0 Å². The van der Waals surface area contributed by atoms with Gasteiger partial charge in [-0.05, 0) is 35.7 Å². The third-order valence-corrected chi connectivity index (χ3v) is 6.70. The summed E-state index contributed by atoms with van der Waals surface area (Å²) < 4.78 is 0. The molecule has 1 aliphatic heterocycles. The Morgan fingerprint density at radius 2 is 1.79 bits per heavy atom. The lowest BCUT2D eigenvalue weighted by atomic mass is 10.1. The number of nitrogens with one attached hydrogen (secondary N) is 3. The number of pyridine rings is 1. The molecule has 7 nitrogen and oxygen atoms in total. The van der Waals surface area contributed by atoms with Crippen molar-refractivity contribution in [1.82, 2.24) is 14.9 Å². The second-order valence-electron chi connectivity index (χ2n) is 9.17. The van der Waals surface area contributed by atoms with E-state index in [0.717, 1.165) is 60.2 Å². The average molecular weight is 446 g/mol. The second-order valence-corrected chi connectivity index (χ2v) is 9.17. The Morgan fingerprint density at radius 1 is 1.03 bits per heavy atom. The van der Waals surface area contributed by atoms with Crippen molar-refractivity contribution in [2.45, 2.75) is 13.5 Å². The fraction of sp³-hybridized carbons (Fsp3) is 0.308. The summed E-state index contributed by atoms with van der Waals surface area (Å²) in [5.41, 5.74) is 4.49. The van der Waals surface area contributed by atoms with Crippen molar-refractivity contribution in [3.8, 4) is 11.3 Å². The molecule has 0 aliphatic carbocycles. The lowest BCUT2D eigenvalue weighted by Crippen LogP contribution is -3.13. The zero-order valence-electron chi connectivity index (χ0n) is 18.7. The molecule has 5 rings (SSSR count). The molecule has 1 fully saturated rings. The van der Waals surface area contributed by atoms with Crippen LogP contribution in [0.15, 0.2) is 59.4 Å². The number of carboxylic acid groups (broad SMARTS) is 1. The van der Waals surface area contributed by atoms with Crippen LogP contribution in [-0.4, -0.2) is 58.7 Å². The zero-order chi connectivity index (χ0) is 22.9. The van der Waals surface area contributed by atoms with Gasteiger partial charge in [0.1, 0.15) is 6.54 Å². The number of aromatic amines is 2. The van der Waals surface area contributed by atoms with E-state index in [1.807, 2.05) is 30.3 Å². The van der Waals surface area contributed by atoms with Gasteiger partial charge in [0.2, 0.25) is 0 Å². The van der Waals surface area contributed by atoms with Crippen LogP contribution in [0, 0.1) is 5.92 Å². The molecule has 0 saturated carbocycles. The van der Waals surface area contributed by atoms with Crippen LogP contribution in [0.1, 0.15) is 12.5 Å². The van der Waals surface area contributed by atoms with Crippen LogP contribution in [0.5, 0.6) is 0 Å². The minimum Gasteiger partial charge on any atom is -0.481 e. The van der Waals surface area contributed by atoms with E-state index < -0.39 is 5.97 Å². The predicted octanol–water partition coefficient (Wildman–Crippen LogP) is 2.10. The highest BCUT2D eigenvalue weighted by molar-refractivity contribution is 5.89. The quantitative estimate of drug-likeness (QED) is 0.366. The normalized spacial score (nSPS) is 16.4. The van der Waals surface area contributed by atoms with Crippen molar-refractivity contribution < 1.29 is 14.8 Å². The molecule has 7 heteroatoms. The van der Waals surface area contributed by atoms with E-state index in [0.29, 0.717) is 12.1 Å². The van der Waals surface area contributed by atoms with E-state index in [1.165, 1.54) is 10.5 Å². The molecule has 0 amide bonds. The van der Waals surface area contributed by atoms with Gasteiger partial charge in [0.25, 0.3) is 5.56 Å². The Morgan fingerprint density at radius 3 is 2.58 bits per heavy atom. The first-order chi connectivity index (χ1) is 16.0. The lowest BCUT2D eigenvalue weighted by molar-refractivity contribution is -0.918. The number of H-pyrrole nitrogens is 2. The number of hydrogen-bond donors (Lipinski definition) is 4. The summed E-state index contributed by atoms with van der Waals surface area (Å²) in [4.78, 5) is 33.9. The monoisotopic (exact) mass is 445 g/mol. The van der Waals surface area contributed by atoms with Crippen LogP contribution in [0.3, 0.4) is 0 Å². The minimum atomic E-state index is -0.727. The van der Waals surface area contributed by atoms with Crippen molar-refractivity contribution in [2.24, 2.45) is 5.92 Å². The molecule has 3 heterocycles. The number of carbonyl (C=O) groups is 1. The number of quaternary nitrogens is 1. The Labute approximate surface area is 191 Å². The molecule has 4 aromatic rings. The molecule has 33 heavy (non-hydrogen) atoms. The summed E-state index contributed by atoms with van der Waals surface area (Å²) in [6, 6.07) is 18.2. The van der Waals surface area contributed by atoms with E-state index in [-0.39, 0.29) is 11.5 Å².